The largest absolute Gasteiger partial charge is 0.495 e. The molecule has 3 N–H and O–H groups in total. The van der Waals surface area contributed by atoms with E-state index >= 15 is 0 Å². The number of hydrogen-bond acceptors (Lipinski definition) is 5. The second kappa shape index (κ2) is 9.96. The minimum absolute atomic E-state index is 0.331. The van der Waals surface area contributed by atoms with Gasteiger partial charge in [-0.3, -0.25) is 14.4 Å². The molecule has 166 valence electrons. The number of aliphatic carboxylic acids is 1. The molecular weight excluding hydrogens is 416 g/mol. The van der Waals surface area contributed by atoms with Gasteiger partial charge in [0, 0.05) is 4.88 Å². The molecule has 0 aliphatic heterocycles. The molecular formula is C23H28N2O5S. The van der Waals surface area contributed by atoms with Crippen molar-refractivity contribution in [3.8, 4) is 5.75 Å². The monoisotopic (exact) mass is 444 g/mol. The Kier molecular flexibility index (Phi) is 7.33. The first-order valence-electron chi connectivity index (χ1n) is 10.5. The average molecular weight is 445 g/mol. The number of rotatable bonds is 7. The summed E-state index contributed by atoms with van der Waals surface area (Å²) in [6.45, 7) is 3.88. The summed E-state index contributed by atoms with van der Waals surface area (Å²) in [7, 11) is 1.53. The fraction of sp³-hybridized carbons (Fsp3) is 0.435. The summed E-state index contributed by atoms with van der Waals surface area (Å²) in [5.74, 6) is -2.35. The number of carbonyl (C=O) groups is 3. The molecule has 7 nitrogen and oxygen atoms in total. The highest BCUT2D eigenvalue weighted by Gasteiger charge is 2.36. The molecule has 1 fully saturated rings. The lowest BCUT2D eigenvalue weighted by molar-refractivity contribution is -0.147. The zero-order valence-electron chi connectivity index (χ0n) is 18.0. The summed E-state index contributed by atoms with van der Waals surface area (Å²) in [4.78, 5) is 38.8. The molecule has 1 aromatic heterocycles. The Balaban J connectivity index is 1.89. The Morgan fingerprint density at radius 2 is 1.81 bits per heavy atom. The molecule has 0 radical (unpaired) electrons. The zero-order valence-corrected chi connectivity index (χ0v) is 18.8. The van der Waals surface area contributed by atoms with Gasteiger partial charge < -0.3 is 20.5 Å². The van der Waals surface area contributed by atoms with E-state index in [1.807, 2.05) is 19.9 Å². The third kappa shape index (κ3) is 4.90. The Bertz CT molecular complexity index is 984. The number of nitrogens with one attached hydrogen (secondary N) is 2. The molecule has 0 saturated heterocycles. The van der Waals surface area contributed by atoms with Crippen molar-refractivity contribution in [1.29, 1.82) is 0 Å². The van der Waals surface area contributed by atoms with Crippen molar-refractivity contribution in [2.75, 3.05) is 17.7 Å². The first-order valence-corrected chi connectivity index (χ1v) is 11.3. The van der Waals surface area contributed by atoms with E-state index in [0.29, 0.717) is 41.3 Å². The maximum Gasteiger partial charge on any atom is 0.307 e. The van der Waals surface area contributed by atoms with E-state index < -0.39 is 17.8 Å². The number of thiophene rings is 1. The normalized spacial score (nSPS) is 18.3. The quantitative estimate of drug-likeness (QED) is 0.574. The third-order valence-electron chi connectivity index (χ3n) is 5.80. The van der Waals surface area contributed by atoms with Crippen molar-refractivity contribution in [2.24, 2.45) is 11.8 Å². The van der Waals surface area contributed by atoms with Gasteiger partial charge in [-0.15, -0.1) is 11.3 Å². The number of benzene rings is 1. The van der Waals surface area contributed by atoms with E-state index in [2.05, 4.69) is 10.6 Å². The summed E-state index contributed by atoms with van der Waals surface area (Å²) in [5.41, 5.74) is 1.83. The molecule has 8 heteroatoms. The Labute approximate surface area is 185 Å². The minimum Gasteiger partial charge on any atom is -0.495 e. The van der Waals surface area contributed by atoms with Crippen LogP contribution in [0.2, 0.25) is 0 Å². The lowest BCUT2D eigenvalue weighted by Gasteiger charge is -2.27. The minimum atomic E-state index is -0.939. The number of aryl methyl sites for hydroxylation is 1. The standard InChI is InChI=1S/C23H28N2O5S/c1-4-14-13(2)31-22(25-20(26)15-9-5-6-10-16(15)23(28)29)19(14)21(27)24-17-11-7-8-12-18(17)30-3/h7-8,11-12,15-16H,4-6,9-10H2,1-3H3,(H,24,27)(H,25,26)(H,28,29). The summed E-state index contributed by atoms with van der Waals surface area (Å²) >= 11 is 1.34. The van der Waals surface area contributed by atoms with Gasteiger partial charge in [0.25, 0.3) is 5.91 Å². The summed E-state index contributed by atoms with van der Waals surface area (Å²) in [5, 5.41) is 15.7. The molecule has 2 atom stereocenters. The van der Waals surface area contributed by atoms with E-state index in [4.69, 9.17) is 4.74 Å². The summed E-state index contributed by atoms with van der Waals surface area (Å²) in [6.07, 6.45) is 3.31. The summed E-state index contributed by atoms with van der Waals surface area (Å²) in [6, 6.07) is 7.12. The van der Waals surface area contributed by atoms with Gasteiger partial charge in [-0.2, -0.15) is 0 Å². The van der Waals surface area contributed by atoms with Crippen molar-refractivity contribution in [2.45, 2.75) is 46.0 Å². The van der Waals surface area contributed by atoms with Crippen molar-refractivity contribution < 1.29 is 24.2 Å². The maximum absolute atomic E-state index is 13.2. The second-order valence-electron chi connectivity index (χ2n) is 7.67. The van der Waals surface area contributed by atoms with Gasteiger partial charge in [0.15, 0.2) is 0 Å². The molecule has 1 aliphatic rings. The van der Waals surface area contributed by atoms with Crippen LogP contribution in [0.15, 0.2) is 24.3 Å². The fourth-order valence-corrected chi connectivity index (χ4v) is 5.36. The third-order valence-corrected chi connectivity index (χ3v) is 6.86. The number of para-hydroxylation sites is 2. The second-order valence-corrected chi connectivity index (χ2v) is 8.90. The number of hydrogen-bond donors (Lipinski definition) is 3. The molecule has 0 bridgehead atoms. The Morgan fingerprint density at radius 1 is 1.13 bits per heavy atom. The zero-order chi connectivity index (χ0) is 22.5. The van der Waals surface area contributed by atoms with Gasteiger partial charge in [0.2, 0.25) is 5.91 Å². The highest BCUT2D eigenvalue weighted by Crippen LogP contribution is 2.37. The van der Waals surface area contributed by atoms with Crippen LogP contribution in [0.5, 0.6) is 5.75 Å². The van der Waals surface area contributed by atoms with E-state index in [-0.39, 0.29) is 11.8 Å². The molecule has 1 saturated carbocycles. The smallest absolute Gasteiger partial charge is 0.307 e. The lowest BCUT2D eigenvalue weighted by Crippen LogP contribution is -2.36. The Morgan fingerprint density at radius 3 is 2.45 bits per heavy atom. The molecule has 0 spiro atoms. The first kappa shape index (κ1) is 22.8. The molecule has 1 aromatic carbocycles. The van der Waals surface area contributed by atoms with Gasteiger partial charge in [0.1, 0.15) is 10.8 Å². The van der Waals surface area contributed by atoms with Crippen LogP contribution in [0, 0.1) is 18.8 Å². The molecule has 1 heterocycles. The van der Waals surface area contributed by atoms with Crippen LogP contribution in [-0.2, 0) is 16.0 Å². The van der Waals surface area contributed by atoms with Crippen LogP contribution in [0.25, 0.3) is 0 Å². The van der Waals surface area contributed by atoms with Crippen molar-refractivity contribution in [3.05, 3.63) is 40.3 Å². The number of carboxylic acid groups (broad SMARTS) is 1. The van der Waals surface area contributed by atoms with Crippen LogP contribution in [0.1, 0.15) is 53.4 Å². The van der Waals surface area contributed by atoms with Crippen LogP contribution < -0.4 is 15.4 Å². The highest BCUT2D eigenvalue weighted by molar-refractivity contribution is 7.16. The van der Waals surface area contributed by atoms with E-state index in [0.717, 1.165) is 23.3 Å². The van der Waals surface area contributed by atoms with Crippen LogP contribution in [-0.4, -0.2) is 30.0 Å². The SMILES string of the molecule is CCc1c(C)sc(NC(=O)C2CCCCC2C(=O)O)c1C(=O)Nc1ccccc1OC. The van der Waals surface area contributed by atoms with Gasteiger partial charge in [-0.05, 0) is 43.9 Å². The molecule has 2 unspecified atom stereocenters. The lowest BCUT2D eigenvalue weighted by atomic mass is 9.79. The topological polar surface area (TPSA) is 105 Å². The fourth-order valence-electron chi connectivity index (χ4n) is 4.21. The van der Waals surface area contributed by atoms with E-state index in [1.54, 1.807) is 18.2 Å². The van der Waals surface area contributed by atoms with Gasteiger partial charge in [-0.25, -0.2) is 0 Å². The van der Waals surface area contributed by atoms with Crippen LogP contribution in [0.3, 0.4) is 0 Å². The predicted molar refractivity (Wildman–Crippen MR) is 121 cm³/mol. The molecule has 1 aliphatic carbocycles. The van der Waals surface area contributed by atoms with Crippen molar-refractivity contribution in [3.63, 3.8) is 0 Å². The van der Waals surface area contributed by atoms with Crippen LogP contribution in [0.4, 0.5) is 10.7 Å². The molecule has 2 aromatic rings. The number of ether oxygens (including phenoxy) is 1. The molecule has 31 heavy (non-hydrogen) atoms. The Hall–Kier alpha value is -2.87. The van der Waals surface area contributed by atoms with Crippen molar-refractivity contribution in [1.82, 2.24) is 0 Å². The van der Waals surface area contributed by atoms with Gasteiger partial charge >= 0.3 is 5.97 Å². The van der Waals surface area contributed by atoms with E-state index in [9.17, 15) is 19.5 Å². The predicted octanol–water partition coefficient (Wildman–Crippen LogP) is 4.71. The van der Waals surface area contributed by atoms with Gasteiger partial charge in [0.05, 0.1) is 30.2 Å². The first-order chi connectivity index (χ1) is 14.9. The average Bonchev–Trinajstić information content (AvgIpc) is 3.08. The summed E-state index contributed by atoms with van der Waals surface area (Å²) < 4.78 is 5.31. The number of amides is 2. The number of carbonyl (C=O) groups excluding carboxylic acids is 2. The molecule has 3 rings (SSSR count). The number of carboxylic acids is 1. The molecule has 2 amide bonds. The van der Waals surface area contributed by atoms with Crippen LogP contribution >= 0.6 is 11.3 Å². The van der Waals surface area contributed by atoms with E-state index in [1.165, 1.54) is 18.4 Å². The highest BCUT2D eigenvalue weighted by atomic mass is 32.1. The number of methoxy groups -OCH3 is 1. The van der Waals surface area contributed by atoms with Gasteiger partial charge in [-0.1, -0.05) is 31.9 Å². The maximum atomic E-state index is 13.2. The van der Waals surface area contributed by atoms with Crippen molar-refractivity contribution >= 4 is 39.8 Å². The number of anilines is 2.